The van der Waals surface area contributed by atoms with Crippen LogP contribution in [0.15, 0.2) is 42.5 Å². The lowest BCUT2D eigenvalue weighted by Crippen LogP contribution is -2.34. The third-order valence-electron chi connectivity index (χ3n) is 5.05. The predicted molar refractivity (Wildman–Crippen MR) is 122 cm³/mol. The molecule has 30 heavy (non-hydrogen) atoms. The molecule has 9 heteroatoms. The van der Waals surface area contributed by atoms with Crippen molar-refractivity contribution in [2.45, 2.75) is 18.8 Å². The molecule has 0 saturated carbocycles. The summed E-state index contributed by atoms with van der Waals surface area (Å²) in [7, 11) is -3.36. The van der Waals surface area contributed by atoms with Crippen LogP contribution in [0.1, 0.15) is 34.7 Å². The van der Waals surface area contributed by atoms with Crippen LogP contribution in [-0.2, 0) is 10.0 Å². The smallest absolute Gasteiger partial charge is 0.251 e. The third-order valence-corrected chi connectivity index (χ3v) is 6.40. The van der Waals surface area contributed by atoms with Gasteiger partial charge < -0.3 is 10.2 Å². The fourth-order valence-electron chi connectivity index (χ4n) is 3.55. The van der Waals surface area contributed by atoms with Crippen molar-refractivity contribution < 1.29 is 13.2 Å². The Morgan fingerprint density at radius 1 is 1.07 bits per heavy atom. The predicted octanol–water partition coefficient (Wildman–Crippen LogP) is 3.97. The van der Waals surface area contributed by atoms with E-state index in [9.17, 15) is 13.2 Å². The molecule has 1 atom stereocenters. The Balaban J connectivity index is 1.67. The molecule has 2 aromatic rings. The highest BCUT2D eigenvalue weighted by Crippen LogP contribution is 2.27. The molecule has 1 fully saturated rings. The fourth-order valence-corrected chi connectivity index (χ4v) is 4.42. The number of anilines is 1. The maximum Gasteiger partial charge on any atom is 0.251 e. The molecule has 3 rings (SSSR count). The average Bonchev–Trinajstić information content (AvgIpc) is 3.19. The quantitative estimate of drug-likeness (QED) is 0.612. The summed E-state index contributed by atoms with van der Waals surface area (Å²) in [5, 5.41) is 4.00. The van der Waals surface area contributed by atoms with E-state index in [2.05, 4.69) is 14.9 Å². The zero-order chi connectivity index (χ0) is 21.7. The zero-order valence-electron chi connectivity index (χ0n) is 16.7. The number of hydrogen-bond donors (Lipinski definition) is 2. The van der Waals surface area contributed by atoms with Gasteiger partial charge in [-0.3, -0.25) is 9.52 Å². The fraction of sp³-hybridized carbons (Fsp3) is 0.381. The Labute approximate surface area is 187 Å². The first-order valence-corrected chi connectivity index (χ1v) is 12.4. The first kappa shape index (κ1) is 22.9. The van der Waals surface area contributed by atoms with Crippen molar-refractivity contribution in [1.29, 1.82) is 0 Å². The Bertz CT molecular complexity index is 991. The van der Waals surface area contributed by atoms with E-state index in [0.29, 0.717) is 27.8 Å². The summed E-state index contributed by atoms with van der Waals surface area (Å²) < 4.78 is 25.0. The van der Waals surface area contributed by atoms with E-state index in [-0.39, 0.29) is 11.8 Å². The van der Waals surface area contributed by atoms with Gasteiger partial charge in [0.2, 0.25) is 10.0 Å². The first-order valence-electron chi connectivity index (χ1n) is 9.74. The molecule has 2 aromatic carbocycles. The van der Waals surface area contributed by atoms with Crippen LogP contribution < -0.4 is 10.0 Å². The van der Waals surface area contributed by atoms with Gasteiger partial charge in [0, 0.05) is 30.3 Å². The molecule has 1 aliphatic heterocycles. The number of benzene rings is 2. The first-order chi connectivity index (χ1) is 14.2. The molecule has 1 unspecified atom stereocenters. The molecular formula is C21H25Cl2N3O3S. The number of carbonyl (C=O) groups excluding carboxylic acids is 1. The second kappa shape index (κ2) is 10.0. The molecule has 1 aliphatic rings. The van der Waals surface area contributed by atoms with Gasteiger partial charge >= 0.3 is 0 Å². The highest BCUT2D eigenvalue weighted by atomic mass is 35.5. The largest absolute Gasteiger partial charge is 0.351 e. The van der Waals surface area contributed by atoms with Crippen LogP contribution >= 0.6 is 23.2 Å². The van der Waals surface area contributed by atoms with Gasteiger partial charge in [0.05, 0.1) is 16.3 Å². The van der Waals surface area contributed by atoms with Gasteiger partial charge in [-0.1, -0.05) is 29.3 Å². The number of carbonyl (C=O) groups is 1. The maximum absolute atomic E-state index is 12.6. The highest BCUT2D eigenvalue weighted by molar-refractivity contribution is 7.92. The van der Waals surface area contributed by atoms with Crippen LogP contribution in [0.25, 0.3) is 0 Å². The molecule has 162 valence electrons. The van der Waals surface area contributed by atoms with Gasteiger partial charge in [-0.25, -0.2) is 8.42 Å². The summed E-state index contributed by atoms with van der Waals surface area (Å²) in [5.74, 6) is -0.139. The van der Waals surface area contributed by atoms with Gasteiger partial charge in [0.1, 0.15) is 0 Å². The topological polar surface area (TPSA) is 78.5 Å². The normalized spacial score (nSPS) is 15.7. The van der Waals surface area contributed by atoms with Crippen molar-refractivity contribution in [3.8, 4) is 0 Å². The zero-order valence-corrected chi connectivity index (χ0v) is 19.0. The van der Waals surface area contributed by atoms with E-state index < -0.39 is 10.0 Å². The van der Waals surface area contributed by atoms with Gasteiger partial charge in [-0.15, -0.1) is 0 Å². The summed E-state index contributed by atoms with van der Waals surface area (Å²) in [6.07, 6.45) is 3.46. The standard InChI is InChI=1S/C21H25Cl2N3O3S/c1-30(28,29)25-18-7-4-15(5-8-18)21(27)24-13-17(14-26-10-2-3-11-26)16-6-9-19(22)20(23)12-16/h4-9,12,17,25H,2-3,10-11,13-14H2,1H3,(H,24,27). The number of sulfonamides is 1. The molecular weight excluding hydrogens is 445 g/mol. The Hall–Kier alpha value is -1.80. The number of rotatable bonds is 8. The summed E-state index contributed by atoms with van der Waals surface area (Å²) in [6, 6.07) is 11.9. The lowest BCUT2D eigenvalue weighted by molar-refractivity contribution is 0.0949. The SMILES string of the molecule is CS(=O)(=O)Nc1ccc(C(=O)NCC(CN2CCCC2)c2ccc(Cl)c(Cl)c2)cc1. The highest BCUT2D eigenvalue weighted by Gasteiger charge is 2.21. The van der Waals surface area contributed by atoms with E-state index in [4.69, 9.17) is 23.2 Å². The molecule has 2 N–H and O–H groups in total. The number of amides is 1. The Morgan fingerprint density at radius 2 is 1.73 bits per heavy atom. The number of likely N-dealkylation sites (tertiary alicyclic amines) is 1. The van der Waals surface area contributed by atoms with Crippen molar-refractivity contribution in [3.63, 3.8) is 0 Å². The molecule has 1 amide bonds. The van der Waals surface area contributed by atoms with Crippen molar-refractivity contribution >= 4 is 44.8 Å². The molecule has 6 nitrogen and oxygen atoms in total. The minimum atomic E-state index is -3.36. The average molecular weight is 470 g/mol. The molecule has 1 heterocycles. The van der Waals surface area contributed by atoms with Crippen LogP contribution in [-0.4, -0.2) is 51.7 Å². The molecule has 0 radical (unpaired) electrons. The van der Waals surface area contributed by atoms with Crippen LogP contribution in [0.2, 0.25) is 10.0 Å². The molecule has 0 spiro atoms. The molecule has 0 aromatic heterocycles. The Kier molecular flexibility index (Phi) is 7.63. The molecule has 1 saturated heterocycles. The van der Waals surface area contributed by atoms with Gasteiger partial charge in [0.15, 0.2) is 0 Å². The van der Waals surface area contributed by atoms with E-state index >= 15 is 0 Å². The number of nitrogens with zero attached hydrogens (tertiary/aromatic N) is 1. The minimum Gasteiger partial charge on any atom is -0.351 e. The van der Waals surface area contributed by atoms with Crippen molar-refractivity contribution in [2.75, 3.05) is 37.2 Å². The van der Waals surface area contributed by atoms with Crippen LogP contribution in [0.4, 0.5) is 5.69 Å². The van der Waals surface area contributed by atoms with E-state index in [0.717, 1.165) is 31.5 Å². The second-order valence-electron chi connectivity index (χ2n) is 7.54. The van der Waals surface area contributed by atoms with Gasteiger partial charge in [-0.2, -0.15) is 0 Å². The van der Waals surface area contributed by atoms with Crippen LogP contribution in [0.3, 0.4) is 0 Å². The Morgan fingerprint density at radius 3 is 2.33 bits per heavy atom. The van der Waals surface area contributed by atoms with Crippen LogP contribution in [0.5, 0.6) is 0 Å². The lowest BCUT2D eigenvalue weighted by Gasteiger charge is -2.24. The maximum atomic E-state index is 12.6. The monoisotopic (exact) mass is 469 g/mol. The van der Waals surface area contributed by atoms with Crippen molar-refractivity contribution in [1.82, 2.24) is 10.2 Å². The van der Waals surface area contributed by atoms with Gasteiger partial charge in [-0.05, 0) is 67.9 Å². The molecule has 0 bridgehead atoms. The van der Waals surface area contributed by atoms with Crippen LogP contribution in [0, 0.1) is 0 Å². The number of nitrogens with one attached hydrogen (secondary N) is 2. The third kappa shape index (κ3) is 6.60. The van der Waals surface area contributed by atoms with Crippen molar-refractivity contribution in [3.05, 3.63) is 63.6 Å². The second-order valence-corrected chi connectivity index (χ2v) is 10.1. The minimum absolute atomic E-state index is 0.0768. The number of halogens is 2. The van der Waals surface area contributed by atoms with E-state index in [1.54, 1.807) is 30.3 Å². The summed E-state index contributed by atoms with van der Waals surface area (Å²) >= 11 is 12.3. The van der Waals surface area contributed by atoms with E-state index in [1.165, 1.54) is 12.8 Å². The summed E-state index contributed by atoms with van der Waals surface area (Å²) in [5.41, 5.74) is 1.91. The van der Waals surface area contributed by atoms with E-state index in [1.807, 2.05) is 12.1 Å². The van der Waals surface area contributed by atoms with Gasteiger partial charge in [0.25, 0.3) is 5.91 Å². The summed E-state index contributed by atoms with van der Waals surface area (Å²) in [4.78, 5) is 15.0. The summed E-state index contributed by atoms with van der Waals surface area (Å²) in [6.45, 7) is 3.40. The lowest BCUT2D eigenvalue weighted by atomic mass is 9.98. The van der Waals surface area contributed by atoms with Crippen molar-refractivity contribution in [2.24, 2.45) is 0 Å². The number of hydrogen-bond acceptors (Lipinski definition) is 4. The molecule has 0 aliphatic carbocycles.